The number of carbonyl (C=O) groups is 1. The van der Waals surface area contributed by atoms with Crippen molar-refractivity contribution in [3.8, 4) is 0 Å². The molecule has 0 saturated heterocycles. The molecule has 134 valence electrons. The van der Waals surface area contributed by atoms with E-state index in [0.717, 1.165) is 6.42 Å². The number of nitrogens with zero attached hydrogens (tertiary/aromatic N) is 3. The van der Waals surface area contributed by atoms with E-state index in [1.807, 2.05) is 6.92 Å². The van der Waals surface area contributed by atoms with Gasteiger partial charge in [-0.1, -0.05) is 30.1 Å². The van der Waals surface area contributed by atoms with E-state index in [9.17, 15) is 9.59 Å². The number of aromatic nitrogens is 3. The molecule has 1 aromatic carbocycles. The highest BCUT2D eigenvalue weighted by Crippen LogP contribution is 2.16. The molecule has 26 heavy (non-hydrogen) atoms. The van der Waals surface area contributed by atoms with Crippen LogP contribution in [0.2, 0.25) is 10.2 Å². The van der Waals surface area contributed by atoms with Crippen LogP contribution in [0.1, 0.15) is 29.5 Å². The van der Waals surface area contributed by atoms with Crippen molar-refractivity contribution in [2.45, 2.75) is 19.9 Å². The summed E-state index contributed by atoms with van der Waals surface area (Å²) in [4.78, 5) is 37.7. The minimum atomic E-state index is -0.266. The van der Waals surface area contributed by atoms with Gasteiger partial charge >= 0.3 is 0 Å². The summed E-state index contributed by atoms with van der Waals surface area (Å²) in [5, 5.41) is 1.20. The summed E-state index contributed by atoms with van der Waals surface area (Å²) >= 11 is 11.9. The second-order valence-electron chi connectivity index (χ2n) is 5.77. The van der Waals surface area contributed by atoms with Crippen LogP contribution in [0, 0.1) is 0 Å². The van der Waals surface area contributed by atoms with E-state index >= 15 is 0 Å². The number of aromatic amines is 1. The molecule has 2 aromatic heterocycles. The fraction of sp³-hybridized carbons (Fsp3) is 0.222. The Hall–Kier alpha value is -2.44. The fourth-order valence-corrected chi connectivity index (χ4v) is 3.00. The molecule has 6 nitrogen and oxygen atoms in total. The highest BCUT2D eigenvalue weighted by molar-refractivity contribution is 6.31. The maximum Gasteiger partial charge on any atom is 0.258 e. The Kier molecular flexibility index (Phi) is 5.54. The number of fused-ring (bicyclic) bond motifs is 1. The van der Waals surface area contributed by atoms with Gasteiger partial charge in [0.25, 0.3) is 11.5 Å². The van der Waals surface area contributed by atoms with Gasteiger partial charge < -0.3 is 9.88 Å². The van der Waals surface area contributed by atoms with Gasteiger partial charge in [0, 0.05) is 23.3 Å². The summed E-state index contributed by atoms with van der Waals surface area (Å²) in [6, 6.07) is 8.02. The van der Waals surface area contributed by atoms with Crippen molar-refractivity contribution in [1.82, 2.24) is 19.9 Å². The standard InChI is InChI=1S/C18H16Cl2N4O2/c1-2-7-24(18(26)11-5-6-21-15(20)8-11)10-16-22-14-9-12(19)3-4-13(14)17(25)23-16/h3-6,8-9H,2,7,10H2,1H3,(H,22,23,25). The van der Waals surface area contributed by atoms with E-state index in [1.54, 1.807) is 29.2 Å². The van der Waals surface area contributed by atoms with Crippen LogP contribution in [0.15, 0.2) is 41.3 Å². The Morgan fingerprint density at radius 3 is 2.77 bits per heavy atom. The number of rotatable bonds is 5. The Morgan fingerprint density at radius 1 is 1.23 bits per heavy atom. The molecule has 0 unspecified atom stereocenters. The highest BCUT2D eigenvalue weighted by atomic mass is 35.5. The molecule has 0 spiro atoms. The quantitative estimate of drug-likeness (QED) is 0.673. The number of amides is 1. The van der Waals surface area contributed by atoms with Gasteiger partial charge in [-0.2, -0.15) is 0 Å². The molecule has 0 aliphatic rings. The zero-order valence-corrected chi connectivity index (χ0v) is 15.5. The molecule has 0 aliphatic carbocycles. The molecular formula is C18H16Cl2N4O2. The molecule has 0 saturated carbocycles. The maximum atomic E-state index is 12.8. The number of hydrogen-bond donors (Lipinski definition) is 1. The van der Waals surface area contributed by atoms with Crippen molar-refractivity contribution in [1.29, 1.82) is 0 Å². The molecule has 0 fully saturated rings. The normalized spacial score (nSPS) is 10.9. The lowest BCUT2D eigenvalue weighted by molar-refractivity contribution is 0.0738. The second-order valence-corrected chi connectivity index (χ2v) is 6.59. The van der Waals surface area contributed by atoms with E-state index < -0.39 is 0 Å². The summed E-state index contributed by atoms with van der Waals surface area (Å²) in [5.74, 6) is 0.191. The second kappa shape index (κ2) is 7.85. The van der Waals surface area contributed by atoms with Crippen LogP contribution in [0.5, 0.6) is 0 Å². The fourth-order valence-electron chi connectivity index (χ4n) is 2.66. The van der Waals surface area contributed by atoms with E-state index in [4.69, 9.17) is 23.2 Å². The average Bonchev–Trinajstić information content (AvgIpc) is 2.60. The van der Waals surface area contributed by atoms with Crippen LogP contribution in [-0.2, 0) is 6.54 Å². The lowest BCUT2D eigenvalue weighted by atomic mass is 10.2. The van der Waals surface area contributed by atoms with Crippen LogP contribution < -0.4 is 5.56 Å². The van der Waals surface area contributed by atoms with Crippen molar-refractivity contribution in [2.24, 2.45) is 0 Å². The smallest absolute Gasteiger partial charge is 0.258 e. The van der Waals surface area contributed by atoms with Crippen LogP contribution in [0.3, 0.4) is 0 Å². The molecule has 8 heteroatoms. The van der Waals surface area contributed by atoms with Crippen LogP contribution in [0.4, 0.5) is 0 Å². The first-order valence-corrected chi connectivity index (χ1v) is 8.83. The van der Waals surface area contributed by atoms with Crippen molar-refractivity contribution in [3.63, 3.8) is 0 Å². The molecular weight excluding hydrogens is 375 g/mol. The molecule has 0 bridgehead atoms. The summed E-state index contributed by atoms with van der Waals surface area (Å²) in [6.45, 7) is 2.65. The molecule has 0 atom stereocenters. The summed E-state index contributed by atoms with van der Waals surface area (Å²) in [6.07, 6.45) is 2.24. The number of carbonyl (C=O) groups excluding carboxylic acids is 1. The topological polar surface area (TPSA) is 79.0 Å². The third kappa shape index (κ3) is 4.03. The number of benzene rings is 1. The van der Waals surface area contributed by atoms with Crippen molar-refractivity contribution in [3.05, 3.63) is 68.4 Å². The number of halogens is 2. The average molecular weight is 391 g/mol. The number of pyridine rings is 1. The van der Waals surface area contributed by atoms with Crippen molar-refractivity contribution < 1.29 is 4.79 Å². The van der Waals surface area contributed by atoms with Gasteiger partial charge in [-0.25, -0.2) is 9.97 Å². The first kappa shape index (κ1) is 18.4. The van der Waals surface area contributed by atoms with Crippen LogP contribution in [-0.4, -0.2) is 32.3 Å². The van der Waals surface area contributed by atoms with Gasteiger partial charge in [0.15, 0.2) is 0 Å². The molecule has 3 rings (SSSR count). The van der Waals surface area contributed by atoms with Gasteiger partial charge in [0.1, 0.15) is 11.0 Å². The monoisotopic (exact) mass is 390 g/mol. The van der Waals surface area contributed by atoms with Gasteiger partial charge in [0.2, 0.25) is 0 Å². The zero-order chi connectivity index (χ0) is 18.7. The third-order valence-corrected chi connectivity index (χ3v) is 4.25. The Labute approximate surface area is 159 Å². The Balaban J connectivity index is 1.94. The predicted octanol–water partition coefficient (Wildman–Crippen LogP) is 3.68. The first-order valence-electron chi connectivity index (χ1n) is 8.07. The highest BCUT2D eigenvalue weighted by Gasteiger charge is 2.17. The van der Waals surface area contributed by atoms with E-state index in [2.05, 4.69) is 15.0 Å². The number of nitrogens with one attached hydrogen (secondary N) is 1. The molecule has 0 radical (unpaired) electrons. The lowest BCUT2D eigenvalue weighted by Gasteiger charge is -2.21. The molecule has 0 aliphatic heterocycles. The van der Waals surface area contributed by atoms with Crippen LogP contribution in [0.25, 0.3) is 10.9 Å². The molecule has 1 amide bonds. The Morgan fingerprint density at radius 2 is 2.04 bits per heavy atom. The number of hydrogen-bond acceptors (Lipinski definition) is 4. The summed E-state index contributed by atoms with van der Waals surface area (Å²) < 4.78 is 0. The van der Waals surface area contributed by atoms with Gasteiger partial charge in [0.05, 0.1) is 17.4 Å². The van der Waals surface area contributed by atoms with Gasteiger partial charge in [-0.3, -0.25) is 9.59 Å². The van der Waals surface area contributed by atoms with E-state index in [-0.39, 0.29) is 23.2 Å². The SMILES string of the molecule is CCCN(Cc1nc2cc(Cl)ccc2c(=O)[nH]1)C(=O)c1ccnc(Cl)c1. The molecule has 1 N–H and O–H groups in total. The van der Waals surface area contributed by atoms with Gasteiger partial charge in [-0.15, -0.1) is 0 Å². The number of H-pyrrole nitrogens is 1. The van der Waals surface area contributed by atoms with Crippen LogP contribution >= 0.6 is 23.2 Å². The Bertz CT molecular complexity index is 1020. The zero-order valence-electron chi connectivity index (χ0n) is 14.0. The van der Waals surface area contributed by atoms with Crippen molar-refractivity contribution in [2.75, 3.05) is 6.54 Å². The third-order valence-electron chi connectivity index (χ3n) is 3.81. The lowest BCUT2D eigenvalue weighted by Crippen LogP contribution is -2.32. The summed E-state index contributed by atoms with van der Waals surface area (Å²) in [5.41, 5.74) is 0.661. The molecule has 3 aromatic rings. The largest absolute Gasteiger partial charge is 0.331 e. The van der Waals surface area contributed by atoms with Crippen molar-refractivity contribution >= 4 is 40.0 Å². The van der Waals surface area contributed by atoms with E-state index in [0.29, 0.717) is 33.9 Å². The predicted molar refractivity (Wildman–Crippen MR) is 102 cm³/mol. The molecule has 2 heterocycles. The minimum Gasteiger partial charge on any atom is -0.331 e. The van der Waals surface area contributed by atoms with Gasteiger partial charge in [-0.05, 0) is 36.8 Å². The van der Waals surface area contributed by atoms with E-state index in [1.165, 1.54) is 12.3 Å². The minimum absolute atomic E-state index is 0.171. The maximum absolute atomic E-state index is 12.8. The summed E-state index contributed by atoms with van der Waals surface area (Å²) in [7, 11) is 0. The first-order chi connectivity index (χ1) is 12.5.